The molecule has 15 heavy (non-hydrogen) atoms. The van der Waals surface area contributed by atoms with E-state index in [4.69, 9.17) is 6.42 Å². The van der Waals surface area contributed by atoms with Crippen LogP contribution in [-0.4, -0.2) is 11.0 Å². The van der Waals surface area contributed by atoms with Crippen LogP contribution in [0.3, 0.4) is 0 Å². The van der Waals surface area contributed by atoms with Gasteiger partial charge in [-0.25, -0.2) is 0 Å². The maximum Gasteiger partial charge on any atom is 0.0660 e. The zero-order valence-corrected chi connectivity index (χ0v) is 8.75. The lowest BCUT2D eigenvalue weighted by molar-refractivity contribution is 0.651. The van der Waals surface area contributed by atoms with Crippen LogP contribution in [0.25, 0.3) is 10.9 Å². The van der Waals surface area contributed by atoms with E-state index in [1.807, 2.05) is 13.1 Å². The van der Waals surface area contributed by atoms with Gasteiger partial charge in [0, 0.05) is 23.6 Å². The molecule has 0 fully saturated rings. The van der Waals surface area contributed by atoms with Crippen molar-refractivity contribution in [2.75, 3.05) is 0 Å². The van der Waals surface area contributed by atoms with Gasteiger partial charge in [0.25, 0.3) is 0 Å². The summed E-state index contributed by atoms with van der Waals surface area (Å²) in [6.07, 6.45) is 7.27. The standard InChI is InChI=1S/C13H14N2/c1-3-10(2)15-9-11-5-4-6-13-12(11)7-8-14-13/h1,4-8,10,14-15H,9H2,2H3. The Bertz CT molecular complexity index is 490. The van der Waals surface area contributed by atoms with E-state index >= 15 is 0 Å². The number of benzene rings is 1. The molecule has 2 rings (SSSR count). The van der Waals surface area contributed by atoms with Crippen molar-refractivity contribution >= 4 is 10.9 Å². The zero-order valence-electron chi connectivity index (χ0n) is 8.75. The van der Waals surface area contributed by atoms with Crippen molar-refractivity contribution in [1.29, 1.82) is 0 Å². The second-order valence-corrected chi connectivity index (χ2v) is 3.63. The largest absolute Gasteiger partial charge is 0.361 e. The summed E-state index contributed by atoms with van der Waals surface area (Å²) >= 11 is 0. The Labute approximate surface area is 89.7 Å². The lowest BCUT2D eigenvalue weighted by Gasteiger charge is -2.08. The normalized spacial score (nSPS) is 12.5. The van der Waals surface area contributed by atoms with Crippen LogP contribution in [0.15, 0.2) is 30.5 Å². The van der Waals surface area contributed by atoms with E-state index < -0.39 is 0 Å². The van der Waals surface area contributed by atoms with E-state index in [0.717, 1.165) is 6.54 Å². The summed E-state index contributed by atoms with van der Waals surface area (Å²) in [5, 5.41) is 4.54. The maximum absolute atomic E-state index is 5.31. The average Bonchev–Trinajstić information content (AvgIpc) is 2.74. The van der Waals surface area contributed by atoms with Crippen molar-refractivity contribution in [1.82, 2.24) is 10.3 Å². The van der Waals surface area contributed by atoms with Crippen LogP contribution in [0, 0.1) is 12.3 Å². The molecule has 0 aliphatic carbocycles. The van der Waals surface area contributed by atoms with Gasteiger partial charge in [0.05, 0.1) is 6.04 Å². The van der Waals surface area contributed by atoms with Gasteiger partial charge in [0.2, 0.25) is 0 Å². The Morgan fingerprint density at radius 2 is 2.33 bits per heavy atom. The summed E-state index contributed by atoms with van der Waals surface area (Å²) in [5.41, 5.74) is 2.44. The molecule has 0 radical (unpaired) electrons. The maximum atomic E-state index is 5.31. The van der Waals surface area contributed by atoms with Gasteiger partial charge in [0.15, 0.2) is 0 Å². The summed E-state index contributed by atoms with van der Waals surface area (Å²) in [6, 6.07) is 8.44. The van der Waals surface area contributed by atoms with Crippen LogP contribution in [0.5, 0.6) is 0 Å². The average molecular weight is 198 g/mol. The molecule has 2 N–H and O–H groups in total. The van der Waals surface area contributed by atoms with Crippen molar-refractivity contribution in [3.63, 3.8) is 0 Å². The second-order valence-electron chi connectivity index (χ2n) is 3.63. The lowest BCUT2D eigenvalue weighted by atomic mass is 10.1. The molecule has 1 aromatic carbocycles. The first-order chi connectivity index (χ1) is 7.31. The van der Waals surface area contributed by atoms with Gasteiger partial charge in [-0.2, -0.15) is 0 Å². The minimum atomic E-state index is 0.110. The van der Waals surface area contributed by atoms with Crippen LogP contribution in [0.1, 0.15) is 12.5 Å². The van der Waals surface area contributed by atoms with Crippen molar-refractivity contribution in [2.24, 2.45) is 0 Å². The highest BCUT2D eigenvalue weighted by Gasteiger charge is 2.02. The molecule has 1 aromatic heterocycles. The molecule has 1 heterocycles. The van der Waals surface area contributed by atoms with E-state index in [9.17, 15) is 0 Å². The molecule has 0 saturated carbocycles. The number of terminal acetylenes is 1. The van der Waals surface area contributed by atoms with Crippen LogP contribution in [0.4, 0.5) is 0 Å². The summed E-state index contributed by atoms with van der Waals surface area (Å²) in [6.45, 7) is 2.79. The molecule has 0 aliphatic rings. The monoisotopic (exact) mass is 198 g/mol. The SMILES string of the molecule is C#CC(C)NCc1cccc2[nH]ccc12. The number of aromatic amines is 1. The Kier molecular flexibility index (Phi) is 2.75. The first-order valence-corrected chi connectivity index (χ1v) is 5.06. The Hall–Kier alpha value is -1.72. The van der Waals surface area contributed by atoms with Crippen LogP contribution in [-0.2, 0) is 6.54 Å². The molecule has 0 aliphatic heterocycles. The van der Waals surface area contributed by atoms with Crippen LogP contribution >= 0.6 is 0 Å². The molecule has 0 spiro atoms. The molecule has 0 amide bonds. The van der Waals surface area contributed by atoms with Gasteiger partial charge in [-0.15, -0.1) is 6.42 Å². The van der Waals surface area contributed by atoms with Crippen molar-refractivity contribution in [2.45, 2.75) is 19.5 Å². The van der Waals surface area contributed by atoms with Gasteiger partial charge in [-0.1, -0.05) is 18.1 Å². The van der Waals surface area contributed by atoms with E-state index in [1.165, 1.54) is 16.5 Å². The summed E-state index contributed by atoms with van der Waals surface area (Å²) < 4.78 is 0. The predicted octanol–water partition coefficient (Wildman–Crippen LogP) is 2.28. The molecule has 1 atom stereocenters. The fourth-order valence-corrected chi connectivity index (χ4v) is 1.63. The minimum absolute atomic E-state index is 0.110. The molecule has 0 saturated heterocycles. The number of rotatable bonds is 3. The minimum Gasteiger partial charge on any atom is -0.361 e. The number of fused-ring (bicyclic) bond motifs is 1. The number of H-pyrrole nitrogens is 1. The molecule has 2 aromatic rings. The number of hydrogen-bond acceptors (Lipinski definition) is 1. The van der Waals surface area contributed by atoms with Gasteiger partial charge in [-0.05, 0) is 24.6 Å². The first kappa shape index (κ1) is 9.82. The van der Waals surface area contributed by atoms with Gasteiger partial charge in [0.1, 0.15) is 0 Å². The van der Waals surface area contributed by atoms with E-state index in [-0.39, 0.29) is 6.04 Å². The van der Waals surface area contributed by atoms with Crippen molar-refractivity contribution in [3.05, 3.63) is 36.0 Å². The fraction of sp³-hybridized carbons (Fsp3) is 0.231. The summed E-state index contributed by atoms with van der Waals surface area (Å²) in [5.74, 6) is 2.66. The van der Waals surface area contributed by atoms with Crippen molar-refractivity contribution < 1.29 is 0 Å². The highest BCUT2D eigenvalue weighted by atomic mass is 14.9. The molecular weight excluding hydrogens is 184 g/mol. The smallest absolute Gasteiger partial charge is 0.0660 e. The highest BCUT2D eigenvalue weighted by molar-refractivity contribution is 5.82. The van der Waals surface area contributed by atoms with Crippen LogP contribution < -0.4 is 5.32 Å². The summed E-state index contributed by atoms with van der Waals surface area (Å²) in [7, 11) is 0. The quantitative estimate of drug-likeness (QED) is 0.727. The second kappa shape index (κ2) is 4.20. The molecule has 76 valence electrons. The molecular formula is C13H14N2. The van der Waals surface area contributed by atoms with E-state index in [2.05, 4.69) is 40.5 Å². The van der Waals surface area contributed by atoms with E-state index in [1.54, 1.807) is 0 Å². The number of nitrogens with one attached hydrogen (secondary N) is 2. The molecule has 2 heteroatoms. The zero-order chi connectivity index (χ0) is 10.7. The summed E-state index contributed by atoms with van der Waals surface area (Å²) in [4.78, 5) is 3.19. The topological polar surface area (TPSA) is 27.8 Å². The Morgan fingerprint density at radius 3 is 3.13 bits per heavy atom. The highest BCUT2D eigenvalue weighted by Crippen LogP contribution is 2.16. The number of hydrogen-bond donors (Lipinski definition) is 2. The van der Waals surface area contributed by atoms with Crippen molar-refractivity contribution in [3.8, 4) is 12.3 Å². The fourth-order valence-electron chi connectivity index (χ4n) is 1.63. The van der Waals surface area contributed by atoms with Crippen LogP contribution in [0.2, 0.25) is 0 Å². The number of aromatic nitrogens is 1. The van der Waals surface area contributed by atoms with Gasteiger partial charge in [-0.3, -0.25) is 5.32 Å². The lowest BCUT2D eigenvalue weighted by Crippen LogP contribution is -2.23. The van der Waals surface area contributed by atoms with E-state index in [0.29, 0.717) is 0 Å². The first-order valence-electron chi connectivity index (χ1n) is 5.06. The Balaban J connectivity index is 2.21. The third-order valence-electron chi connectivity index (χ3n) is 2.53. The van der Waals surface area contributed by atoms with Gasteiger partial charge < -0.3 is 4.98 Å². The molecule has 0 bridgehead atoms. The van der Waals surface area contributed by atoms with Gasteiger partial charge >= 0.3 is 0 Å². The predicted molar refractivity (Wildman–Crippen MR) is 63.4 cm³/mol. The third-order valence-corrected chi connectivity index (χ3v) is 2.53. The third kappa shape index (κ3) is 2.03. The molecule has 2 nitrogen and oxygen atoms in total. The Morgan fingerprint density at radius 1 is 1.47 bits per heavy atom. The molecule has 1 unspecified atom stereocenters.